The minimum absolute atomic E-state index is 0.279. The highest BCUT2D eigenvalue weighted by molar-refractivity contribution is 5.38. The highest BCUT2D eigenvalue weighted by Crippen LogP contribution is 2.58. The van der Waals surface area contributed by atoms with Crippen molar-refractivity contribution in [3.8, 4) is 0 Å². The molecule has 3 saturated carbocycles. The third-order valence-corrected chi connectivity index (χ3v) is 7.72. The predicted octanol–water partition coefficient (Wildman–Crippen LogP) is 5.50. The van der Waals surface area contributed by atoms with Crippen molar-refractivity contribution >= 4 is 0 Å². The Hall–Kier alpha value is -1.16. The van der Waals surface area contributed by atoms with E-state index in [0.29, 0.717) is 36.7 Å². The molecule has 0 spiro atoms. The second kappa shape index (κ2) is 9.32. The van der Waals surface area contributed by atoms with Crippen LogP contribution >= 0.6 is 0 Å². The van der Waals surface area contributed by atoms with E-state index in [1.54, 1.807) is 0 Å². The van der Waals surface area contributed by atoms with Crippen molar-refractivity contribution in [3.63, 3.8) is 0 Å². The number of allylic oxidation sites excluding steroid dienone is 4. The van der Waals surface area contributed by atoms with Gasteiger partial charge in [0.2, 0.25) is 0 Å². The average molecular weight is 401 g/mol. The number of hydrogen-bond donors (Lipinski definition) is 2. The molecule has 162 valence electrons. The fourth-order valence-corrected chi connectivity index (χ4v) is 6.00. The summed E-state index contributed by atoms with van der Waals surface area (Å²) < 4.78 is 6.20. The standard InChI is InChI=1S/C26H40O3/c1-17(2)12-14-29-19(4)23-10-11-24-20(7-6-13-26(23,24)5)8-9-21-15-22(27)16-25(28)18(21)3/h8-9,12,19,22-25,27-28H,3,6-7,10-11,13-16H2,1-2,4-5H3/b20-8+,21-9-/t19-,22+,23+,24-,25-,26+/m0/s1. The number of rotatable bonds is 5. The van der Waals surface area contributed by atoms with Crippen LogP contribution in [0.25, 0.3) is 0 Å². The molecule has 0 amide bonds. The van der Waals surface area contributed by atoms with E-state index in [2.05, 4.69) is 52.5 Å². The maximum absolute atomic E-state index is 10.1. The van der Waals surface area contributed by atoms with Crippen LogP contribution < -0.4 is 0 Å². The van der Waals surface area contributed by atoms with Gasteiger partial charge >= 0.3 is 0 Å². The zero-order chi connectivity index (χ0) is 21.2. The van der Waals surface area contributed by atoms with E-state index in [0.717, 1.165) is 17.6 Å². The van der Waals surface area contributed by atoms with Gasteiger partial charge in [0.05, 0.1) is 24.9 Å². The van der Waals surface area contributed by atoms with Gasteiger partial charge in [0.15, 0.2) is 0 Å². The van der Waals surface area contributed by atoms with Crippen LogP contribution in [-0.4, -0.2) is 35.1 Å². The lowest BCUT2D eigenvalue weighted by Gasteiger charge is -2.44. The first kappa shape index (κ1) is 22.5. The van der Waals surface area contributed by atoms with Gasteiger partial charge in [-0.1, -0.05) is 42.9 Å². The summed E-state index contributed by atoms with van der Waals surface area (Å²) in [6, 6.07) is 0. The van der Waals surface area contributed by atoms with Gasteiger partial charge in [0.25, 0.3) is 0 Å². The summed E-state index contributed by atoms with van der Waals surface area (Å²) in [6.45, 7) is 13.7. The van der Waals surface area contributed by atoms with Crippen LogP contribution in [-0.2, 0) is 4.74 Å². The van der Waals surface area contributed by atoms with E-state index in [9.17, 15) is 10.2 Å². The normalized spacial score (nSPS) is 38.9. The lowest BCUT2D eigenvalue weighted by molar-refractivity contribution is -0.0139. The third-order valence-electron chi connectivity index (χ3n) is 7.72. The van der Waals surface area contributed by atoms with Crippen LogP contribution in [0.1, 0.15) is 72.6 Å². The van der Waals surface area contributed by atoms with E-state index in [-0.39, 0.29) is 6.10 Å². The monoisotopic (exact) mass is 400 g/mol. The topological polar surface area (TPSA) is 49.7 Å². The minimum Gasteiger partial charge on any atom is -0.393 e. The van der Waals surface area contributed by atoms with Gasteiger partial charge in [-0.05, 0) is 87.7 Å². The van der Waals surface area contributed by atoms with Crippen molar-refractivity contribution in [1.82, 2.24) is 0 Å². The van der Waals surface area contributed by atoms with E-state index in [4.69, 9.17) is 4.74 Å². The maximum Gasteiger partial charge on any atom is 0.0811 e. The van der Waals surface area contributed by atoms with Crippen LogP contribution in [0.3, 0.4) is 0 Å². The van der Waals surface area contributed by atoms with E-state index in [1.165, 1.54) is 36.8 Å². The highest BCUT2D eigenvalue weighted by atomic mass is 16.5. The lowest BCUT2D eigenvalue weighted by atomic mass is 9.62. The molecule has 0 heterocycles. The Labute approximate surface area is 177 Å². The molecule has 6 atom stereocenters. The van der Waals surface area contributed by atoms with Crippen molar-refractivity contribution in [2.45, 2.75) is 91.0 Å². The summed E-state index contributed by atoms with van der Waals surface area (Å²) in [5, 5.41) is 20.1. The maximum atomic E-state index is 10.1. The van der Waals surface area contributed by atoms with Crippen molar-refractivity contribution in [3.05, 3.63) is 47.1 Å². The van der Waals surface area contributed by atoms with Crippen LogP contribution in [0.2, 0.25) is 0 Å². The smallest absolute Gasteiger partial charge is 0.0811 e. The quantitative estimate of drug-likeness (QED) is 0.599. The second-order valence-electron chi connectivity index (χ2n) is 9.98. The number of hydrogen-bond acceptors (Lipinski definition) is 3. The molecular formula is C26H40O3. The molecule has 0 aliphatic heterocycles. The first-order valence-corrected chi connectivity index (χ1v) is 11.4. The summed E-state index contributed by atoms with van der Waals surface area (Å²) in [4.78, 5) is 0. The highest BCUT2D eigenvalue weighted by Gasteiger charge is 2.51. The molecule has 0 radical (unpaired) electrons. The lowest BCUT2D eigenvalue weighted by Crippen LogP contribution is -2.38. The van der Waals surface area contributed by atoms with Crippen LogP contribution in [0.4, 0.5) is 0 Å². The number of aliphatic hydroxyl groups excluding tert-OH is 2. The first-order chi connectivity index (χ1) is 13.7. The molecule has 0 bridgehead atoms. The molecule has 3 nitrogen and oxygen atoms in total. The molecule has 0 aromatic rings. The summed E-state index contributed by atoms with van der Waals surface area (Å²) in [7, 11) is 0. The van der Waals surface area contributed by atoms with E-state index < -0.39 is 12.2 Å². The molecule has 0 aromatic heterocycles. The zero-order valence-electron chi connectivity index (χ0n) is 18.8. The Morgan fingerprint density at radius 2 is 2.03 bits per heavy atom. The molecule has 3 heteroatoms. The Morgan fingerprint density at radius 1 is 1.28 bits per heavy atom. The van der Waals surface area contributed by atoms with Crippen molar-refractivity contribution in [2.75, 3.05) is 6.61 Å². The minimum atomic E-state index is -0.616. The van der Waals surface area contributed by atoms with Crippen LogP contribution in [0.5, 0.6) is 0 Å². The van der Waals surface area contributed by atoms with Gasteiger partial charge in [0.1, 0.15) is 0 Å². The van der Waals surface area contributed by atoms with Gasteiger partial charge in [-0.25, -0.2) is 0 Å². The predicted molar refractivity (Wildman–Crippen MR) is 120 cm³/mol. The largest absolute Gasteiger partial charge is 0.393 e. The van der Waals surface area contributed by atoms with Gasteiger partial charge < -0.3 is 14.9 Å². The fourth-order valence-electron chi connectivity index (χ4n) is 6.00. The summed E-state index contributed by atoms with van der Waals surface area (Å²) in [6.07, 6.45) is 12.9. The van der Waals surface area contributed by atoms with Crippen molar-refractivity contribution in [1.29, 1.82) is 0 Å². The number of ether oxygens (including phenoxy) is 1. The first-order valence-electron chi connectivity index (χ1n) is 11.4. The van der Waals surface area contributed by atoms with Crippen LogP contribution in [0, 0.1) is 17.3 Å². The third kappa shape index (κ3) is 4.95. The number of fused-ring (bicyclic) bond motifs is 1. The van der Waals surface area contributed by atoms with Gasteiger partial charge in [0, 0.05) is 6.42 Å². The Bertz CT molecular complexity index is 697. The summed E-state index contributed by atoms with van der Waals surface area (Å²) in [5.41, 5.74) is 4.92. The molecule has 3 fully saturated rings. The molecule has 0 aromatic carbocycles. The van der Waals surface area contributed by atoms with E-state index >= 15 is 0 Å². The molecule has 0 unspecified atom stereocenters. The molecule has 0 saturated heterocycles. The Morgan fingerprint density at radius 3 is 2.76 bits per heavy atom. The molecule has 2 N–H and O–H groups in total. The van der Waals surface area contributed by atoms with Gasteiger partial charge in [-0.3, -0.25) is 0 Å². The summed E-state index contributed by atoms with van der Waals surface area (Å²) in [5.74, 6) is 1.21. The fraction of sp³-hybridized carbons (Fsp3) is 0.692. The SMILES string of the molecule is C=C1/C(=C\C=C2/CCC[C@]3(C)[C@@H]([C@H](C)OCC=C(C)C)CC[C@@H]23)C[C@@H](O)C[C@@H]1O. The van der Waals surface area contributed by atoms with Gasteiger partial charge in [-0.15, -0.1) is 0 Å². The Kier molecular flexibility index (Phi) is 7.24. The molecule has 3 aliphatic rings. The summed E-state index contributed by atoms with van der Waals surface area (Å²) >= 11 is 0. The zero-order valence-corrected chi connectivity index (χ0v) is 18.8. The average Bonchev–Trinajstić information content (AvgIpc) is 3.00. The molecule has 29 heavy (non-hydrogen) atoms. The Balaban J connectivity index is 1.74. The van der Waals surface area contributed by atoms with Crippen molar-refractivity contribution in [2.24, 2.45) is 17.3 Å². The molecular weight excluding hydrogens is 360 g/mol. The van der Waals surface area contributed by atoms with Crippen LogP contribution in [0.15, 0.2) is 47.1 Å². The molecule has 3 rings (SSSR count). The van der Waals surface area contributed by atoms with Gasteiger partial charge in [-0.2, -0.15) is 0 Å². The molecule has 3 aliphatic carbocycles. The van der Waals surface area contributed by atoms with Crippen molar-refractivity contribution < 1.29 is 14.9 Å². The number of aliphatic hydroxyl groups is 2. The van der Waals surface area contributed by atoms with E-state index in [1.807, 2.05) is 0 Å². The second-order valence-corrected chi connectivity index (χ2v) is 9.98.